The number of aromatic nitrogens is 2. The summed E-state index contributed by atoms with van der Waals surface area (Å²) in [6.45, 7) is 1.69. The van der Waals surface area contributed by atoms with Crippen molar-refractivity contribution in [1.29, 1.82) is 0 Å². The van der Waals surface area contributed by atoms with Crippen LogP contribution in [0.25, 0.3) is 11.0 Å². The van der Waals surface area contributed by atoms with Crippen LogP contribution in [0.4, 0.5) is 4.39 Å². The summed E-state index contributed by atoms with van der Waals surface area (Å²) in [4.78, 5) is 7.81. The van der Waals surface area contributed by atoms with Crippen LogP contribution < -0.4 is 0 Å². The number of rotatable bonds is 0. The van der Waals surface area contributed by atoms with Crippen LogP contribution in [0, 0.1) is 12.7 Å². The fourth-order valence-corrected chi connectivity index (χ4v) is 1.27. The zero-order valence-electron chi connectivity index (χ0n) is 6.88. The Morgan fingerprint density at radius 1 is 1.38 bits per heavy atom. The summed E-state index contributed by atoms with van der Waals surface area (Å²) in [5.74, 6) is -0.332. The van der Waals surface area contributed by atoms with Crippen molar-refractivity contribution in [3.8, 4) is 0 Å². The molecule has 1 heterocycles. The molecule has 0 fully saturated rings. The van der Waals surface area contributed by atoms with E-state index in [1.54, 1.807) is 19.1 Å². The summed E-state index contributed by atoms with van der Waals surface area (Å²) in [6.07, 6.45) is 1.34. The van der Waals surface area contributed by atoms with Crippen molar-refractivity contribution in [1.82, 2.24) is 9.97 Å². The highest BCUT2D eigenvalue weighted by Crippen LogP contribution is 2.18. The molecule has 0 spiro atoms. The number of fused-ring (bicyclic) bond motifs is 1. The summed E-state index contributed by atoms with van der Waals surface area (Å²) in [6, 6.07) is 3.36. The van der Waals surface area contributed by atoms with Crippen LogP contribution in [0.15, 0.2) is 18.3 Å². The van der Waals surface area contributed by atoms with E-state index in [9.17, 15) is 4.39 Å². The van der Waals surface area contributed by atoms with Gasteiger partial charge >= 0.3 is 0 Å². The molecule has 0 radical (unpaired) electrons. The van der Waals surface area contributed by atoms with Gasteiger partial charge in [-0.3, -0.25) is 0 Å². The zero-order valence-corrected chi connectivity index (χ0v) is 7.64. The van der Waals surface area contributed by atoms with Gasteiger partial charge in [0.15, 0.2) is 5.82 Å². The fourth-order valence-electron chi connectivity index (χ4n) is 1.13. The van der Waals surface area contributed by atoms with Gasteiger partial charge in [-0.05, 0) is 18.6 Å². The zero-order chi connectivity index (χ0) is 9.42. The van der Waals surface area contributed by atoms with E-state index in [0.717, 1.165) is 0 Å². The minimum Gasteiger partial charge on any atom is -0.248 e. The molecule has 2 nitrogen and oxygen atoms in total. The Balaban J connectivity index is 2.87. The van der Waals surface area contributed by atoms with Crippen molar-refractivity contribution in [2.45, 2.75) is 6.92 Å². The molecule has 1 aromatic carbocycles. The van der Waals surface area contributed by atoms with Crippen LogP contribution in [-0.4, -0.2) is 9.97 Å². The van der Waals surface area contributed by atoms with Crippen LogP contribution in [0.2, 0.25) is 5.15 Å². The Bertz CT molecular complexity index is 470. The Kier molecular flexibility index (Phi) is 1.88. The number of halogens is 2. The number of hydrogen-bond acceptors (Lipinski definition) is 2. The van der Waals surface area contributed by atoms with Crippen LogP contribution in [0.1, 0.15) is 5.56 Å². The summed E-state index contributed by atoms with van der Waals surface area (Å²) in [7, 11) is 0. The molecule has 0 aliphatic heterocycles. The quantitative estimate of drug-likeness (QED) is 0.648. The maximum atomic E-state index is 13.4. The van der Waals surface area contributed by atoms with E-state index in [1.165, 1.54) is 6.20 Å². The first-order chi connectivity index (χ1) is 6.18. The second-order valence-electron chi connectivity index (χ2n) is 2.76. The third-order valence-corrected chi connectivity index (χ3v) is 2.00. The lowest BCUT2D eigenvalue weighted by Gasteiger charge is -2.00. The van der Waals surface area contributed by atoms with E-state index in [2.05, 4.69) is 9.97 Å². The first-order valence-corrected chi connectivity index (χ1v) is 4.13. The van der Waals surface area contributed by atoms with Crippen molar-refractivity contribution >= 4 is 22.6 Å². The van der Waals surface area contributed by atoms with Crippen molar-refractivity contribution in [3.05, 3.63) is 34.9 Å². The minimum atomic E-state index is -0.332. The molecule has 0 N–H and O–H groups in total. The topological polar surface area (TPSA) is 25.8 Å². The fraction of sp³-hybridized carbons (Fsp3) is 0.111. The highest BCUT2D eigenvalue weighted by Gasteiger charge is 2.06. The molecule has 0 amide bonds. The van der Waals surface area contributed by atoms with Crippen LogP contribution >= 0.6 is 11.6 Å². The van der Waals surface area contributed by atoms with Gasteiger partial charge in [0.25, 0.3) is 0 Å². The van der Waals surface area contributed by atoms with E-state index in [1.807, 2.05) is 0 Å². The molecule has 66 valence electrons. The molecule has 2 aromatic rings. The van der Waals surface area contributed by atoms with Gasteiger partial charge in [-0.2, -0.15) is 0 Å². The van der Waals surface area contributed by atoms with E-state index in [-0.39, 0.29) is 16.5 Å². The van der Waals surface area contributed by atoms with Crippen LogP contribution in [0.3, 0.4) is 0 Å². The summed E-state index contributed by atoms with van der Waals surface area (Å²) in [5.41, 5.74) is 1.31. The van der Waals surface area contributed by atoms with Gasteiger partial charge in [0.2, 0.25) is 0 Å². The maximum absolute atomic E-state index is 13.4. The SMILES string of the molecule is Cc1ccc2nc(Cl)cnc2c1F. The predicted molar refractivity (Wildman–Crippen MR) is 49.2 cm³/mol. The van der Waals surface area contributed by atoms with Crippen molar-refractivity contribution in [2.75, 3.05) is 0 Å². The molecular weight excluding hydrogens is 191 g/mol. The number of aryl methyl sites for hydroxylation is 1. The Hall–Kier alpha value is -1.22. The Morgan fingerprint density at radius 3 is 2.92 bits per heavy atom. The van der Waals surface area contributed by atoms with E-state index in [0.29, 0.717) is 11.1 Å². The first kappa shape index (κ1) is 8.38. The summed E-state index contributed by atoms with van der Waals surface area (Å²) in [5, 5.41) is 0.274. The van der Waals surface area contributed by atoms with Gasteiger partial charge in [-0.25, -0.2) is 14.4 Å². The second-order valence-corrected chi connectivity index (χ2v) is 3.14. The second kappa shape index (κ2) is 2.92. The van der Waals surface area contributed by atoms with Crippen molar-refractivity contribution in [3.63, 3.8) is 0 Å². The average molecular weight is 197 g/mol. The van der Waals surface area contributed by atoms with E-state index < -0.39 is 0 Å². The lowest BCUT2D eigenvalue weighted by molar-refractivity contribution is 0.627. The first-order valence-electron chi connectivity index (χ1n) is 3.76. The number of benzene rings is 1. The van der Waals surface area contributed by atoms with Crippen LogP contribution in [0.5, 0.6) is 0 Å². The normalized spacial score (nSPS) is 10.7. The summed E-state index contributed by atoms with van der Waals surface area (Å²) >= 11 is 5.61. The monoisotopic (exact) mass is 196 g/mol. The smallest absolute Gasteiger partial charge is 0.153 e. The molecule has 0 unspecified atom stereocenters. The molecule has 1 aromatic heterocycles. The highest BCUT2D eigenvalue weighted by molar-refractivity contribution is 6.29. The predicted octanol–water partition coefficient (Wildman–Crippen LogP) is 2.73. The van der Waals surface area contributed by atoms with Gasteiger partial charge in [0.1, 0.15) is 10.7 Å². The Labute approximate surface area is 79.4 Å². The molecule has 0 saturated carbocycles. The van der Waals surface area contributed by atoms with Gasteiger partial charge < -0.3 is 0 Å². The van der Waals surface area contributed by atoms with Gasteiger partial charge in [0.05, 0.1) is 11.7 Å². The molecule has 0 saturated heterocycles. The van der Waals surface area contributed by atoms with Crippen LogP contribution in [-0.2, 0) is 0 Å². The molecule has 13 heavy (non-hydrogen) atoms. The minimum absolute atomic E-state index is 0.268. The molecule has 0 aliphatic rings. The van der Waals surface area contributed by atoms with Gasteiger partial charge in [-0.1, -0.05) is 17.7 Å². The van der Waals surface area contributed by atoms with Crippen molar-refractivity contribution in [2.24, 2.45) is 0 Å². The molecule has 0 bridgehead atoms. The van der Waals surface area contributed by atoms with Crippen molar-refractivity contribution < 1.29 is 4.39 Å². The third-order valence-electron chi connectivity index (χ3n) is 1.82. The summed E-state index contributed by atoms with van der Waals surface area (Å²) < 4.78 is 13.4. The van der Waals surface area contributed by atoms with E-state index >= 15 is 0 Å². The number of nitrogens with zero attached hydrogens (tertiary/aromatic N) is 2. The lowest BCUT2D eigenvalue weighted by atomic mass is 10.2. The number of hydrogen-bond donors (Lipinski definition) is 0. The highest BCUT2D eigenvalue weighted by atomic mass is 35.5. The molecule has 0 atom stereocenters. The Morgan fingerprint density at radius 2 is 2.15 bits per heavy atom. The third kappa shape index (κ3) is 1.35. The van der Waals surface area contributed by atoms with Gasteiger partial charge in [-0.15, -0.1) is 0 Å². The standard InChI is InChI=1S/C9H6ClFN2/c1-5-2-3-6-9(8(5)11)12-4-7(10)13-6/h2-4H,1H3. The molecular formula is C9H6ClFN2. The molecule has 4 heteroatoms. The maximum Gasteiger partial charge on any atom is 0.153 e. The molecule has 2 rings (SSSR count). The largest absolute Gasteiger partial charge is 0.248 e. The van der Waals surface area contributed by atoms with E-state index in [4.69, 9.17) is 11.6 Å². The lowest BCUT2D eigenvalue weighted by Crippen LogP contribution is -1.90. The average Bonchev–Trinajstić information content (AvgIpc) is 2.12. The van der Waals surface area contributed by atoms with Gasteiger partial charge in [0, 0.05) is 0 Å². The molecule has 0 aliphatic carbocycles.